The van der Waals surface area contributed by atoms with Gasteiger partial charge in [0.1, 0.15) is 39.7 Å². The van der Waals surface area contributed by atoms with Crippen molar-refractivity contribution in [2.24, 2.45) is 0 Å². The summed E-state index contributed by atoms with van der Waals surface area (Å²) in [4.78, 5) is 46.1. The minimum Gasteiger partial charge on any atom is -0.397 e. The zero-order chi connectivity index (χ0) is 77.2. The molecule has 0 aliphatic heterocycles. The number of aliphatic hydroxyl groups is 1. The summed E-state index contributed by atoms with van der Waals surface area (Å²) in [6.45, 7) is 1.93. The molecule has 12 aromatic heterocycles. The Labute approximate surface area is 638 Å². The van der Waals surface area contributed by atoms with Crippen LogP contribution in [0, 0.1) is 23.8 Å². The second-order valence-corrected chi connectivity index (χ2v) is 26.5. The van der Waals surface area contributed by atoms with Gasteiger partial charge in [-0.25, -0.2) is 24.9 Å². The minimum absolute atomic E-state index is 0.250. The van der Waals surface area contributed by atoms with E-state index < -0.39 is 34.9 Å². The number of aliphatic hydroxyl groups excluding tert-OH is 1. The number of rotatable bonds is 13. The van der Waals surface area contributed by atoms with Crippen LogP contribution < -0.4 is 15.1 Å². The normalized spacial score (nSPS) is 11.3. The lowest BCUT2D eigenvalue weighted by Crippen LogP contribution is -2.37. The second kappa shape index (κ2) is 32.8. The molecule has 6 aromatic carbocycles. The van der Waals surface area contributed by atoms with Gasteiger partial charge in [0.25, 0.3) is 0 Å². The van der Waals surface area contributed by atoms with Crippen LogP contribution in [0.4, 0.5) is 29.2 Å². The molecule has 0 spiro atoms. The van der Waals surface area contributed by atoms with Gasteiger partial charge in [0.15, 0.2) is 0 Å². The Morgan fingerprint density at radius 2 is 0.658 bits per heavy atom. The maximum absolute atomic E-state index is 14.7. The first-order chi connectivity index (χ1) is 54.2. The molecule has 0 bridgehead atoms. The van der Waals surface area contributed by atoms with Crippen LogP contribution in [0.3, 0.4) is 0 Å². The minimum atomic E-state index is -0.895. The smallest absolute Gasteiger partial charge is 0.216 e. The van der Waals surface area contributed by atoms with Crippen LogP contribution in [-0.2, 0) is 11.1 Å². The number of benzene rings is 6. The molecular weight excluding hydrogens is 1400 g/mol. The molecule has 0 radical (unpaired) electrons. The average molecular weight is 1470 g/mol. The van der Waals surface area contributed by atoms with E-state index in [0.717, 1.165) is 93.5 Å². The number of aromatic nitrogens is 12. The third-order valence-electron chi connectivity index (χ3n) is 19.0. The lowest BCUT2D eigenvalue weighted by atomic mass is 9.76. The van der Waals surface area contributed by atoms with Gasteiger partial charge in [-0.1, -0.05) is 182 Å². The molecule has 20 heteroatoms. The Kier molecular flexibility index (Phi) is 21.9. The summed E-state index contributed by atoms with van der Waals surface area (Å²) in [6, 6.07) is 89.0. The van der Waals surface area contributed by atoms with Gasteiger partial charge in [0.2, 0.25) is 23.8 Å². The second-order valence-electron chi connectivity index (χ2n) is 26.5. The Balaban J connectivity index is 0.000000139. The lowest BCUT2D eigenvalue weighted by molar-refractivity contribution is 0.318. The van der Waals surface area contributed by atoms with E-state index in [1.165, 1.54) is 24.3 Å². The molecule has 0 aliphatic carbocycles. The summed E-state index contributed by atoms with van der Waals surface area (Å²) in [7, 11) is 11.1. The van der Waals surface area contributed by atoms with Crippen LogP contribution in [0.2, 0.25) is 0 Å². The number of H-pyrrole nitrogens is 1. The van der Waals surface area contributed by atoms with Gasteiger partial charge >= 0.3 is 0 Å². The van der Waals surface area contributed by atoms with Gasteiger partial charge in [0, 0.05) is 145 Å². The molecule has 550 valence electrons. The van der Waals surface area contributed by atoms with Gasteiger partial charge in [-0.3, -0.25) is 15.0 Å². The van der Waals surface area contributed by atoms with Gasteiger partial charge < -0.3 is 34.3 Å². The quantitative estimate of drug-likeness (QED) is 0.0564. The van der Waals surface area contributed by atoms with Crippen LogP contribution >= 0.6 is 0 Å². The number of fused-ring (bicyclic) bond motifs is 9. The number of hydrogen-bond acceptors (Lipinski definition) is 13. The van der Waals surface area contributed by atoms with E-state index in [2.05, 4.69) is 176 Å². The fourth-order valence-electron chi connectivity index (χ4n) is 14.4. The first kappa shape index (κ1) is 74.2. The highest BCUT2D eigenvalue weighted by molar-refractivity contribution is 6.09. The van der Waals surface area contributed by atoms with Gasteiger partial charge in [-0.05, 0) is 121 Å². The maximum atomic E-state index is 14.7. The monoisotopic (exact) mass is 1470 g/mol. The predicted molar refractivity (Wildman–Crippen MR) is 437 cm³/mol. The standard InChI is InChI=1S/C36H28FN5.C34H22F2N4.C17H14FN5.C2H7N.C2H6O/c1-41(2)34-23-25(22-33(37)40-34)31-19-18-29-30-24-38-21-20-32(30)42(35(29)39-31)36(26-12-6-3-7-13-26,27-14-8-4-9-15-27)28-16-10-5-11-17-28;35-31-20-23(21-32(36)39-31)29-17-16-27-28-22-37-19-18-30(28)40(33(27)38-29)34(24-10-4-1-5-11-24,25-12-6-2-7-13-25)26-14-8-3-9-15-26;1-23(2)16-8-10(7-15(18)22-16)13-4-3-11-12-9-19-6-5-14(12)21-17(11)20-13;1-3-2;1-2-3/h3-24H,1-2H3;1-22H;3-9H,1-2H3,(H,20,21);3H,1-2H3;3H,2H2,1H3. The number of pyridine rings is 9. The summed E-state index contributed by atoms with van der Waals surface area (Å²) in [5.41, 5.74) is 13.3. The summed E-state index contributed by atoms with van der Waals surface area (Å²) in [5.74, 6) is -1.77. The summed E-state index contributed by atoms with van der Waals surface area (Å²) < 4.78 is 61.3. The van der Waals surface area contributed by atoms with Crippen molar-refractivity contribution in [3.05, 3.63) is 367 Å². The summed E-state index contributed by atoms with van der Waals surface area (Å²) in [5, 5.41) is 16.1. The molecule has 0 aliphatic rings. The van der Waals surface area contributed by atoms with E-state index in [9.17, 15) is 17.6 Å². The highest BCUT2D eigenvalue weighted by Crippen LogP contribution is 2.49. The molecule has 0 unspecified atom stereocenters. The number of nitrogens with one attached hydrogen (secondary N) is 2. The molecule has 0 atom stereocenters. The van der Waals surface area contributed by atoms with E-state index in [1.54, 1.807) is 35.2 Å². The van der Waals surface area contributed by atoms with Crippen LogP contribution in [0.5, 0.6) is 0 Å². The fraction of sp³-hybridized carbons (Fsp3) is 0.110. The molecule has 0 amide bonds. The lowest BCUT2D eigenvalue weighted by Gasteiger charge is -2.38. The Bertz CT molecular complexity index is 6020. The SMILES string of the molecule is CCO.CN(C)c1cc(-c2ccc3c(n2)[nH]c2ccncc23)cc(F)n1.CN(C)c1cc(-c2ccc3c4cnccc4n(C(c4ccccc4)(c4ccccc4)c4ccccc4)c3n2)cc(F)n1.CNC.Fc1cc(-c2ccc3c4cnccc4n(C(c4ccccc4)(c4ccccc4)c4ccccc4)c3n2)cc(F)n1. The molecule has 18 rings (SSSR count). The van der Waals surface area contributed by atoms with E-state index >= 15 is 0 Å². The first-order valence-corrected chi connectivity index (χ1v) is 36.0. The van der Waals surface area contributed by atoms with Gasteiger partial charge in [-0.2, -0.15) is 22.5 Å². The van der Waals surface area contributed by atoms with Gasteiger partial charge in [0.05, 0.1) is 33.6 Å². The van der Waals surface area contributed by atoms with Crippen molar-refractivity contribution in [2.45, 2.75) is 18.0 Å². The van der Waals surface area contributed by atoms with E-state index in [1.807, 2.05) is 188 Å². The third-order valence-corrected chi connectivity index (χ3v) is 19.0. The average Bonchev–Trinajstić information content (AvgIpc) is 1.59. The fourth-order valence-corrected chi connectivity index (χ4v) is 14.4. The molecule has 3 N–H and O–H groups in total. The number of nitrogens with zero attached hydrogens (tertiary/aromatic N) is 13. The zero-order valence-corrected chi connectivity index (χ0v) is 61.9. The highest BCUT2D eigenvalue weighted by Gasteiger charge is 2.43. The van der Waals surface area contributed by atoms with E-state index in [4.69, 9.17) is 15.1 Å². The van der Waals surface area contributed by atoms with Crippen LogP contribution in [-0.4, -0.2) is 113 Å². The van der Waals surface area contributed by atoms with Crippen molar-refractivity contribution in [2.75, 3.05) is 58.7 Å². The van der Waals surface area contributed by atoms with Crippen molar-refractivity contribution in [3.63, 3.8) is 0 Å². The first-order valence-electron chi connectivity index (χ1n) is 36.0. The Hall–Kier alpha value is -13.7. The topological polar surface area (TPSA) is 180 Å². The molecule has 18 aromatic rings. The zero-order valence-electron chi connectivity index (χ0n) is 61.9. The Morgan fingerprint density at radius 1 is 0.360 bits per heavy atom. The molecule has 111 heavy (non-hydrogen) atoms. The molecule has 16 nitrogen and oxygen atoms in total. The van der Waals surface area contributed by atoms with Crippen molar-refractivity contribution in [1.29, 1.82) is 0 Å². The van der Waals surface area contributed by atoms with Crippen LogP contribution in [0.1, 0.15) is 40.3 Å². The number of aromatic amines is 1. The third kappa shape index (κ3) is 14.6. The molecule has 12 heterocycles. The van der Waals surface area contributed by atoms with Crippen molar-refractivity contribution < 1.29 is 22.7 Å². The summed E-state index contributed by atoms with van der Waals surface area (Å²) >= 11 is 0. The predicted octanol–water partition coefficient (Wildman–Crippen LogP) is 18.7. The number of halogens is 4. The van der Waals surface area contributed by atoms with Crippen LogP contribution in [0.15, 0.2) is 310 Å². The number of hydrogen-bond donors (Lipinski definition) is 3. The summed E-state index contributed by atoms with van der Waals surface area (Å²) in [6.07, 6.45) is 10.9. The maximum Gasteiger partial charge on any atom is 0.216 e. The van der Waals surface area contributed by atoms with E-state index in [-0.39, 0.29) is 6.61 Å². The Morgan fingerprint density at radius 3 is 1.00 bits per heavy atom. The highest BCUT2D eigenvalue weighted by atomic mass is 19.1. The van der Waals surface area contributed by atoms with Gasteiger partial charge in [-0.15, -0.1) is 0 Å². The number of anilines is 2. The van der Waals surface area contributed by atoms with E-state index in [0.29, 0.717) is 51.1 Å². The van der Waals surface area contributed by atoms with Crippen molar-refractivity contribution >= 4 is 77.4 Å². The largest absolute Gasteiger partial charge is 0.397 e. The molecule has 0 fully saturated rings. The van der Waals surface area contributed by atoms with Crippen molar-refractivity contribution in [1.82, 2.24) is 64.3 Å². The molecular formula is C91H77F4N15O. The van der Waals surface area contributed by atoms with Crippen LogP contribution in [0.25, 0.3) is 99.6 Å². The molecule has 0 saturated heterocycles. The molecule has 0 saturated carbocycles. The van der Waals surface area contributed by atoms with Crippen molar-refractivity contribution in [3.8, 4) is 33.8 Å².